The van der Waals surface area contributed by atoms with Gasteiger partial charge >= 0.3 is 13.7 Å². The van der Waals surface area contributed by atoms with Gasteiger partial charge in [-0.3, -0.25) is 0 Å². The average molecular weight is 580 g/mol. The summed E-state index contributed by atoms with van der Waals surface area (Å²) >= 11 is 0. The fraction of sp³-hybridized carbons (Fsp3) is 0. The van der Waals surface area contributed by atoms with E-state index >= 15 is 0 Å². The Bertz CT molecular complexity index is 2420. The lowest BCUT2D eigenvalue weighted by molar-refractivity contribution is 1.31. The summed E-state index contributed by atoms with van der Waals surface area (Å²) in [7, 11) is 0. The minimum Gasteiger partial charge on any atom is -0.376 e. The lowest BCUT2D eigenvalue weighted by Crippen LogP contribution is -2.65. The molecule has 7 aromatic carbocycles. The number of nitrogens with zero attached hydrogens (tertiary/aromatic N) is 2. The SMILES string of the molecule is c1ccc(-c2ccc3c(c2)-c2ccccc2N2B3c3cccc4c3-c3c(cccc32)B2c3ccccc3-c3ccccc3N24)cc1. The highest BCUT2D eigenvalue weighted by molar-refractivity contribution is 6.96. The number of hydrogen-bond acceptors (Lipinski definition) is 2. The lowest BCUT2D eigenvalue weighted by atomic mass is 9.38. The molecule has 0 spiro atoms. The second kappa shape index (κ2) is 8.93. The topological polar surface area (TPSA) is 6.48 Å². The van der Waals surface area contributed by atoms with E-state index in [9.17, 15) is 0 Å². The number of para-hydroxylation sites is 2. The molecule has 210 valence electrons. The van der Waals surface area contributed by atoms with Crippen molar-refractivity contribution in [2.75, 3.05) is 9.62 Å². The molecule has 0 saturated carbocycles. The van der Waals surface area contributed by atoms with E-state index in [2.05, 4.69) is 167 Å². The molecule has 0 saturated heterocycles. The molecule has 46 heavy (non-hydrogen) atoms. The van der Waals surface area contributed by atoms with E-state index in [-0.39, 0.29) is 13.7 Å². The van der Waals surface area contributed by atoms with Gasteiger partial charge in [-0.1, -0.05) is 127 Å². The third kappa shape index (κ3) is 3.04. The number of anilines is 4. The summed E-state index contributed by atoms with van der Waals surface area (Å²) in [4.78, 5) is 5.25. The summed E-state index contributed by atoms with van der Waals surface area (Å²) in [6.07, 6.45) is 0. The molecule has 0 atom stereocenters. The molecule has 0 N–H and O–H groups in total. The maximum absolute atomic E-state index is 2.63. The molecular formula is C42H26B2N2. The first-order chi connectivity index (χ1) is 22.9. The van der Waals surface area contributed by atoms with E-state index < -0.39 is 0 Å². The Hall–Kier alpha value is -5.73. The van der Waals surface area contributed by atoms with Gasteiger partial charge in [0.25, 0.3) is 0 Å². The van der Waals surface area contributed by atoms with Crippen LogP contribution in [0.1, 0.15) is 0 Å². The van der Waals surface area contributed by atoms with Crippen molar-refractivity contribution in [3.63, 3.8) is 0 Å². The van der Waals surface area contributed by atoms with Crippen LogP contribution in [0, 0.1) is 0 Å². The molecule has 0 aromatic heterocycles. The van der Waals surface area contributed by atoms with Crippen LogP contribution >= 0.6 is 0 Å². The minimum absolute atomic E-state index is 0.0660. The zero-order valence-corrected chi connectivity index (χ0v) is 25.1. The van der Waals surface area contributed by atoms with Gasteiger partial charge in [0, 0.05) is 45.0 Å². The van der Waals surface area contributed by atoms with Crippen LogP contribution in [0.15, 0.2) is 158 Å². The summed E-state index contributed by atoms with van der Waals surface area (Å²) in [5.74, 6) is 0. The molecule has 0 unspecified atom stereocenters. The van der Waals surface area contributed by atoms with E-state index in [4.69, 9.17) is 0 Å². The zero-order valence-electron chi connectivity index (χ0n) is 25.1. The van der Waals surface area contributed by atoms with Crippen LogP contribution in [0.25, 0.3) is 44.5 Å². The number of rotatable bonds is 1. The molecule has 2 nitrogen and oxygen atoms in total. The molecule has 7 aromatic rings. The van der Waals surface area contributed by atoms with Crippen LogP contribution < -0.4 is 31.5 Å². The van der Waals surface area contributed by atoms with E-state index in [1.165, 1.54) is 89.1 Å². The number of benzene rings is 7. The molecule has 4 heterocycles. The molecule has 0 radical (unpaired) electrons. The van der Waals surface area contributed by atoms with Gasteiger partial charge in [-0.2, -0.15) is 0 Å². The molecule has 0 bridgehead atoms. The van der Waals surface area contributed by atoms with Crippen LogP contribution in [0.4, 0.5) is 22.7 Å². The third-order valence-corrected chi connectivity index (χ3v) is 10.6. The summed E-state index contributed by atoms with van der Waals surface area (Å²) in [5, 5.41) is 0. The molecule has 0 fully saturated rings. The van der Waals surface area contributed by atoms with Gasteiger partial charge < -0.3 is 9.62 Å². The Morgan fingerprint density at radius 1 is 0.304 bits per heavy atom. The Morgan fingerprint density at radius 3 is 1.43 bits per heavy atom. The van der Waals surface area contributed by atoms with Crippen molar-refractivity contribution in [1.29, 1.82) is 0 Å². The van der Waals surface area contributed by atoms with E-state index in [0.717, 1.165) is 0 Å². The normalized spacial score (nSPS) is 13.9. The summed E-state index contributed by atoms with van der Waals surface area (Å²) in [5.41, 5.74) is 21.1. The molecule has 11 rings (SSSR count). The Morgan fingerprint density at radius 2 is 0.783 bits per heavy atom. The highest BCUT2D eigenvalue weighted by atomic mass is 15.1. The molecular weight excluding hydrogens is 554 g/mol. The van der Waals surface area contributed by atoms with Crippen molar-refractivity contribution in [3.8, 4) is 44.5 Å². The highest BCUT2D eigenvalue weighted by Gasteiger charge is 2.49. The first-order valence-corrected chi connectivity index (χ1v) is 16.2. The van der Waals surface area contributed by atoms with Crippen molar-refractivity contribution in [2.24, 2.45) is 0 Å². The second-order valence-corrected chi connectivity index (χ2v) is 12.8. The molecule has 4 aliphatic heterocycles. The molecule has 4 aliphatic rings. The fourth-order valence-electron chi connectivity index (χ4n) is 8.87. The van der Waals surface area contributed by atoms with Crippen molar-refractivity contribution >= 4 is 58.3 Å². The van der Waals surface area contributed by atoms with Gasteiger partial charge in [0.1, 0.15) is 0 Å². The van der Waals surface area contributed by atoms with Gasteiger partial charge in [-0.15, -0.1) is 0 Å². The van der Waals surface area contributed by atoms with Gasteiger partial charge in [-0.25, -0.2) is 0 Å². The molecule has 0 amide bonds. The van der Waals surface area contributed by atoms with Crippen LogP contribution in [0.5, 0.6) is 0 Å². The molecule has 4 heteroatoms. The Labute approximate surface area is 269 Å². The third-order valence-electron chi connectivity index (χ3n) is 10.6. The van der Waals surface area contributed by atoms with Crippen LogP contribution in [0.2, 0.25) is 0 Å². The number of hydrogen-bond donors (Lipinski definition) is 0. The smallest absolute Gasteiger partial charge is 0.329 e. The Kier molecular flexibility index (Phi) is 4.77. The first kappa shape index (κ1) is 24.6. The Balaban J connectivity index is 1.23. The summed E-state index contributed by atoms with van der Waals surface area (Å²) in [6, 6.07) is 58.8. The van der Waals surface area contributed by atoms with Crippen LogP contribution in [-0.4, -0.2) is 13.7 Å². The van der Waals surface area contributed by atoms with Crippen molar-refractivity contribution < 1.29 is 0 Å². The maximum Gasteiger partial charge on any atom is 0.329 e. The second-order valence-electron chi connectivity index (χ2n) is 12.8. The molecule has 0 aliphatic carbocycles. The van der Waals surface area contributed by atoms with Gasteiger partial charge in [0.05, 0.1) is 0 Å². The van der Waals surface area contributed by atoms with E-state index in [1.54, 1.807) is 0 Å². The van der Waals surface area contributed by atoms with E-state index in [0.29, 0.717) is 0 Å². The fourth-order valence-corrected chi connectivity index (χ4v) is 8.87. The maximum atomic E-state index is 2.63. The predicted molar refractivity (Wildman–Crippen MR) is 195 cm³/mol. The van der Waals surface area contributed by atoms with Gasteiger partial charge in [0.15, 0.2) is 0 Å². The number of fused-ring (bicyclic) bond motifs is 16. The monoisotopic (exact) mass is 580 g/mol. The lowest BCUT2D eigenvalue weighted by Gasteiger charge is -2.49. The standard InChI is InChI=1S/C42H26B2N2/c1-2-12-27(13-3-1)28-24-25-34-32(26-28)31-16-6-9-21-38(31)46-40-23-10-18-35-41(40)42-36(44(34)46)19-11-22-39(42)45-37-20-8-5-15-30(37)29-14-4-7-17-33(29)43(35)45/h1-26H. The van der Waals surface area contributed by atoms with Gasteiger partial charge in [-0.05, 0) is 74.4 Å². The van der Waals surface area contributed by atoms with Crippen LogP contribution in [0.3, 0.4) is 0 Å². The first-order valence-electron chi connectivity index (χ1n) is 16.2. The van der Waals surface area contributed by atoms with E-state index in [1.807, 2.05) is 0 Å². The minimum atomic E-state index is 0.0660. The van der Waals surface area contributed by atoms with Gasteiger partial charge in [0.2, 0.25) is 0 Å². The van der Waals surface area contributed by atoms with Crippen molar-refractivity contribution in [1.82, 2.24) is 0 Å². The highest BCUT2D eigenvalue weighted by Crippen LogP contribution is 2.52. The van der Waals surface area contributed by atoms with Crippen molar-refractivity contribution in [2.45, 2.75) is 0 Å². The van der Waals surface area contributed by atoms with Crippen molar-refractivity contribution in [3.05, 3.63) is 158 Å². The summed E-state index contributed by atoms with van der Waals surface area (Å²) in [6.45, 7) is 0.164. The average Bonchev–Trinajstić information content (AvgIpc) is 3.14. The quantitative estimate of drug-likeness (QED) is 0.186. The summed E-state index contributed by atoms with van der Waals surface area (Å²) < 4.78 is 0. The predicted octanol–water partition coefficient (Wildman–Crippen LogP) is 7.50. The zero-order chi connectivity index (χ0) is 29.9. The van der Waals surface area contributed by atoms with Crippen LogP contribution in [-0.2, 0) is 0 Å². The largest absolute Gasteiger partial charge is 0.376 e.